The second-order valence-corrected chi connectivity index (χ2v) is 18.5. The number of Topliss-reactive ketones (excluding diaryl/α,β-unsaturated/α-hetero) is 2. The molecular formula is C40H38F6N2O12S2. The number of carbonyl (C=O) groups excluding carboxylic acids is 6. The highest BCUT2D eigenvalue weighted by Gasteiger charge is 2.81. The summed E-state index contributed by atoms with van der Waals surface area (Å²) in [6.45, 7) is 0. The van der Waals surface area contributed by atoms with Gasteiger partial charge in [0.05, 0.1) is 12.1 Å². The fourth-order valence-electron chi connectivity index (χ4n) is 10.2. The molecule has 2 bridgehead atoms. The molecule has 7 aliphatic rings. The number of rotatable bonds is 10. The molecule has 0 unspecified atom stereocenters. The number of ether oxygens (including phenoxy) is 6. The molecule has 334 valence electrons. The van der Waals surface area contributed by atoms with Gasteiger partial charge in [-0.1, -0.05) is 82.3 Å². The summed E-state index contributed by atoms with van der Waals surface area (Å²) in [6, 6.07) is 8.76. The van der Waals surface area contributed by atoms with E-state index in [1.54, 1.807) is 0 Å². The molecule has 9 rings (SSSR count). The van der Waals surface area contributed by atoms with Gasteiger partial charge in [0.2, 0.25) is 0 Å². The van der Waals surface area contributed by atoms with Gasteiger partial charge in [-0.2, -0.15) is 26.3 Å². The molecule has 62 heavy (non-hydrogen) atoms. The number of amides is 2. The molecule has 2 aromatic rings. The fraction of sp³-hybridized carbons (Fsp3) is 0.550. The largest absolute Gasteiger partial charge is 0.455 e. The number of alkyl halides is 6. The standard InChI is InChI=1S/C40H38F6N2O12S2/c1-55-25-15-23(49)21-17-35-32(52)48-28-22(24(50)16-26(56-2)30(28)60-34(54)38(58-4,40(44,45)46)20-13-9-6-10-14-20)18-36(48,62-61-35)31(51)47(35)27(21)29(25)59-33(53)37(57-3,39(41,42)43)19-11-7-5-8-12-19/h5-14,21-22,25-30H,15-18H2,1-4H3/t21-,22-,25+,26+,27-,28-,29+,30+,35-,36-,37-,38-/m1/s1. The van der Waals surface area contributed by atoms with Crippen LogP contribution >= 0.6 is 21.6 Å². The molecule has 0 radical (unpaired) electrons. The van der Waals surface area contributed by atoms with Crippen molar-refractivity contribution in [2.24, 2.45) is 11.8 Å². The van der Waals surface area contributed by atoms with Gasteiger partial charge in [0.1, 0.15) is 36.0 Å². The van der Waals surface area contributed by atoms with Crippen LogP contribution in [0.1, 0.15) is 36.8 Å². The summed E-state index contributed by atoms with van der Waals surface area (Å²) < 4.78 is 123. The highest BCUT2D eigenvalue weighted by atomic mass is 33.1. The van der Waals surface area contributed by atoms with Gasteiger partial charge in [0.25, 0.3) is 23.0 Å². The van der Waals surface area contributed by atoms with Gasteiger partial charge in [0.15, 0.2) is 9.74 Å². The molecule has 0 aromatic heterocycles. The van der Waals surface area contributed by atoms with Crippen molar-refractivity contribution in [3.8, 4) is 0 Å². The maximum Gasteiger partial charge on any atom is 0.432 e. The van der Waals surface area contributed by atoms with Gasteiger partial charge in [-0.05, 0) is 0 Å². The Bertz CT molecular complexity index is 2040. The van der Waals surface area contributed by atoms with E-state index >= 15 is 35.9 Å². The van der Waals surface area contributed by atoms with Crippen LogP contribution < -0.4 is 0 Å². The molecule has 2 amide bonds. The van der Waals surface area contributed by atoms with Crippen molar-refractivity contribution in [1.82, 2.24) is 9.80 Å². The minimum absolute atomic E-state index is 0.429. The molecule has 5 heterocycles. The van der Waals surface area contributed by atoms with Crippen LogP contribution in [0, 0.1) is 11.8 Å². The van der Waals surface area contributed by atoms with Crippen molar-refractivity contribution in [2.75, 3.05) is 28.4 Å². The van der Waals surface area contributed by atoms with E-state index in [-0.39, 0.29) is 0 Å². The van der Waals surface area contributed by atoms with E-state index in [9.17, 15) is 19.2 Å². The summed E-state index contributed by atoms with van der Waals surface area (Å²) in [6.07, 6.45) is -19.0. The smallest absolute Gasteiger partial charge is 0.432 e. The molecule has 22 heteroatoms. The number of fused-ring (bicyclic) bond motifs is 3. The van der Waals surface area contributed by atoms with Crippen LogP contribution in [0.3, 0.4) is 0 Å². The molecular weight excluding hydrogens is 879 g/mol. The van der Waals surface area contributed by atoms with E-state index in [2.05, 4.69) is 0 Å². The Morgan fingerprint density at radius 1 is 0.597 bits per heavy atom. The molecule has 7 fully saturated rings. The van der Waals surface area contributed by atoms with Gasteiger partial charge >= 0.3 is 24.3 Å². The number of esters is 2. The highest BCUT2D eigenvalue weighted by molar-refractivity contribution is 8.78. The second-order valence-electron chi connectivity index (χ2n) is 15.8. The number of piperazine rings is 1. The molecule has 2 aromatic carbocycles. The predicted octanol–water partition coefficient (Wildman–Crippen LogP) is 4.23. The minimum Gasteiger partial charge on any atom is -0.455 e. The van der Waals surface area contributed by atoms with E-state index in [0.717, 1.165) is 69.9 Å². The molecule has 0 N–H and O–H groups in total. The molecule has 2 saturated carbocycles. The maximum absolute atomic E-state index is 15.3. The van der Waals surface area contributed by atoms with Gasteiger partial charge in [-0.25, -0.2) is 9.59 Å². The van der Waals surface area contributed by atoms with Crippen molar-refractivity contribution < 1.29 is 83.5 Å². The Morgan fingerprint density at radius 2 is 0.935 bits per heavy atom. The summed E-state index contributed by atoms with van der Waals surface area (Å²) in [5.41, 5.74) is -8.62. The zero-order valence-corrected chi connectivity index (χ0v) is 34.7. The van der Waals surface area contributed by atoms with Crippen LogP contribution in [0.2, 0.25) is 0 Å². The Labute approximate surface area is 356 Å². The molecule has 12 atom stereocenters. The lowest BCUT2D eigenvalue weighted by molar-refractivity contribution is -0.282. The predicted molar refractivity (Wildman–Crippen MR) is 201 cm³/mol. The maximum atomic E-state index is 15.3. The van der Waals surface area contributed by atoms with Crippen molar-refractivity contribution in [1.29, 1.82) is 0 Å². The van der Waals surface area contributed by atoms with Crippen molar-refractivity contribution in [2.45, 2.75) is 95.5 Å². The van der Waals surface area contributed by atoms with Crippen LogP contribution in [0.4, 0.5) is 26.3 Å². The van der Waals surface area contributed by atoms with Crippen molar-refractivity contribution in [3.05, 3.63) is 71.8 Å². The third-order valence-electron chi connectivity index (χ3n) is 13.1. The van der Waals surface area contributed by atoms with Gasteiger partial charge < -0.3 is 38.2 Å². The zero-order chi connectivity index (χ0) is 44.9. The van der Waals surface area contributed by atoms with Gasteiger partial charge in [0, 0.05) is 77.1 Å². The molecule has 14 nitrogen and oxygen atoms in total. The first kappa shape index (κ1) is 44.4. The number of carbonyl (C=O) groups is 6. The summed E-state index contributed by atoms with van der Waals surface area (Å²) >= 11 is 0. The molecule has 5 saturated heterocycles. The Kier molecular flexibility index (Phi) is 10.9. The molecule has 5 aliphatic heterocycles. The monoisotopic (exact) mass is 916 g/mol. The third kappa shape index (κ3) is 5.88. The van der Waals surface area contributed by atoms with Gasteiger partial charge in [-0.15, -0.1) is 0 Å². The second kappa shape index (κ2) is 15.2. The Balaban J connectivity index is 1.19. The van der Waals surface area contributed by atoms with Crippen LogP contribution in [-0.2, 0) is 68.4 Å². The Morgan fingerprint density at radius 3 is 1.23 bits per heavy atom. The molecule has 2 aliphatic carbocycles. The minimum atomic E-state index is -5.40. The topological polar surface area (TPSA) is 164 Å². The molecule has 2 spiro atoms. The number of hydrogen-bond acceptors (Lipinski definition) is 14. The average Bonchev–Trinajstić information content (AvgIpc) is 3.79. The van der Waals surface area contributed by atoms with E-state index in [0.29, 0.717) is 14.2 Å². The van der Waals surface area contributed by atoms with E-state index < -0.39 is 154 Å². The summed E-state index contributed by atoms with van der Waals surface area (Å²) in [7, 11) is 5.33. The van der Waals surface area contributed by atoms with Crippen LogP contribution in [0.25, 0.3) is 0 Å². The lowest BCUT2D eigenvalue weighted by Crippen LogP contribution is -2.78. The average molecular weight is 917 g/mol. The fourth-order valence-corrected chi connectivity index (χ4v) is 14.1. The SMILES string of the molecule is CO[C@H]1CC(=O)[C@H]2C[C@@]34SS[C@]5(C[C@@H]6C(=O)C[C@H](OC)[C@H](OC(=O)[C@](OC)(c7ccccc7)C(F)(F)F)[C@@H]6N5C3=O)C(=O)N4[C@H]2[C@H]1OC(=O)[C@](OC)(c1ccccc1)C(F)(F)F. The van der Waals surface area contributed by atoms with Crippen LogP contribution in [0.15, 0.2) is 60.7 Å². The van der Waals surface area contributed by atoms with E-state index in [4.69, 9.17) is 28.4 Å². The Hall–Kier alpha value is -4.22. The first-order chi connectivity index (χ1) is 29.3. The number of hydrogen-bond donors (Lipinski definition) is 0. The van der Waals surface area contributed by atoms with Gasteiger partial charge in [-0.3, -0.25) is 19.2 Å². The number of nitrogens with zero attached hydrogens (tertiary/aromatic N) is 2. The highest BCUT2D eigenvalue weighted by Crippen LogP contribution is 2.70. The number of benzene rings is 2. The number of methoxy groups -OCH3 is 4. The zero-order valence-electron chi connectivity index (χ0n) is 33.1. The first-order valence-corrected chi connectivity index (χ1v) is 21.3. The quantitative estimate of drug-likeness (QED) is 0.189. The summed E-state index contributed by atoms with van der Waals surface area (Å²) in [5.74, 6) is -9.33. The summed E-state index contributed by atoms with van der Waals surface area (Å²) in [4.78, 5) is 84.5. The van der Waals surface area contributed by atoms with Crippen LogP contribution in [-0.4, -0.2) is 132 Å². The van der Waals surface area contributed by atoms with E-state index in [1.165, 1.54) is 36.4 Å². The number of ketones is 2. The summed E-state index contributed by atoms with van der Waals surface area (Å²) in [5, 5.41) is 0. The number of halogens is 6. The normalized spacial score (nSPS) is 34.7. The lowest BCUT2D eigenvalue weighted by Gasteiger charge is -2.59. The van der Waals surface area contributed by atoms with Crippen molar-refractivity contribution >= 4 is 56.9 Å². The lowest BCUT2D eigenvalue weighted by atomic mass is 9.78. The third-order valence-corrected chi connectivity index (χ3v) is 16.7. The van der Waals surface area contributed by atoms with E-state index in [1.807, 2.05) is 0 Å². The van der Waals surface area contributed by atoms with Crippen LogP contribution in [0.5, 0.6) is 0 Å². The van der Waals surface area contributed by atoms with Crippen molar-refractivity contribution in [3.63, 3.8) is 0 Å². The first-order valence-electron chi connectivity index (χ1n) is 19.2.